The molecule has 0 radical (unpaired) electrons. The van der Waals surface area contributed by atoms with E-state index in [9.17, 15) is 18.0 Å². The number of amides is 1. The standard InChI is InChI=1S/C14H21N3O4S/c1-10-6-7-12(13(18)16-10)14(19)17-8-4-3-5-11(17)9-15-22(2,20)21/h6-7,11,15H,3-5,8-9H2,1-2H3,(H,16,18)/t11-/m1/s1. The maximum atomic E-state index is 12.6. The molecule has 1 saturated heterocycles. The van der Waals surface area contributed by atoms with Crippen LogP contribution in [0.3, 0.4) is 0 Å². The first-order valence-electron chi connectivity index (χ1n) is 7.23. The van der Waals surface area contributed by atoms with Gasteiger partial charge in [0.05, 0.1) is 6.26 Å². The largest absolute Gasteiger partial charge is 0.334 e. The van der Waals surface area contributed by atoms with Gasteiger partial charge in [0.15, 0.2) is 0 Å². The third-order valence-electron chi connectivity index (χ3n) is 3.75. The Kier molecular flexibility index (Phi) is 5.02. The summed E-state index contributed by atoms with van der Waals surface area (Å²) in [6, 6.07) is 2.98. The van der Waals surface area contributed by atoms with E-state index >= 15 is 0 Å². The van der Waals surface area contributed by atoms with Gasteiger partial charge in [0.25, 0.3) is 11.5 Å². The number of aryl methyl sites for hydroxylation is 1. The van der Waals surface area contributed by atoms with Crippen molar-refractivity contribution in [2.45, 2.75) is 32.2 Å². The highest BCUT2D eigenvalue weighted by molar-refractivity contribution is 7.88. The second-order valence-electron chi connectivity index (χ2n) is 5.65. The zero-order valence-corrected chi connectivity index (χ0v) is 13.6. The van der Waals surface area contributed by atoms with E-state index in [0.717, 1.165) is 25.5 Å². The highest BCUT2D eigenvalue weighted by Gasteiger charge is 2.29. The second kappa shape index (κ2) is 6.62. The summed E-state index contributed by atoms with van der Waals surface area (Å²) in [5.41, 5.74) is 0.373. The van der Waals surface area contributed by atoms with Crippen LogP contribution in [0.5, 0.6) is 0 Å². The number of nitrogens with one attached hydrogen (secondary N) is 2. The molecule has 1 aromatic rings. The lowest BCUT2D eigenvalue weighted by Crippen LogP contribution is -2.50. The Hall–Kier alpha value is -1.67. The van der Waals surface area contributed by atoms with E-state index in [1.54, 1.807) is 17.9 Å². The van der Waals surface area contributed by atoms with Crippen LogP contribution in [-0.2, 0) is 10.0 Å². The Morgan fingerprint density at radius 2 is 2.14 bits per heavy atom. The van der Waals surface area contributed by atoms with Crippen molar-refractivity contribution in [3.8, 4) is 0 Å². The third kappa shape index (κ3) is 4.17. The molecule has 1 fully saturated rings. The van der Waals surface area contributed by atoms with Crippen LogP contribution in [0.2, 0.25) is 0 Å². The molecule has 0 saturated carbocycles. The summed E-state index contributed by atoms with van der Waals surface area (Å²) in [4.78, 5) is 28.7. The monoisotopic (exact) mass is 327 g/mol. The molecule has 8 heteroatoms. The van der Waals surface area contributed by atoms with Gasteiger partial charge in [-0.2, -0.15) is 0 Å². The number of hydrogen-bond acceptors (Lipinski definition) is 4. The minimum absolute atomic E-state index is 0.0943. The number of aromatic nitrogens is 1. The zero-order valence-electron chi connectivity index (χ0n) is 12.8. The smallest absolute Gasteiger partial charge is 0.260 e. The van der Waals surface area contributed by atoms with Crippen LogP contribution in [0.1, 0.15) is 35.3 Å². The molecular formula is C14H21N3O4S. The lowest BCUT2D eigenvalue weighted by Gasteiger charge is -2.35. The Bertz CT molecular complexity index is 711. The van der Waals surface area contributed by atoms with Crippen molar-refractivity contribution in [2.75, 3.05) is 19.3 Å². The van der Waals surface area contributed by atoms with E-state index in [0.29, 0.717) is 12.2 Å². The van der Waals surface area contributed by atoms with E-state index < -0.39 is 15.6 Å². The Labute approximate surface area is 129 Å². The quantitative estimate of drug-likeness (QED) is 0.827. The SMILES string of the molecule is Cc1ccc(C(=O)N2CCCC[C@@H]2CNS(C)(=O)=O)c(=O)[nH]1. The first-order chi connectivity index (χ1) is 10.3. The molecule has 122 valence electrons. The summed E-state index contributed by atoms with van der Waals surface area (Å²) in [5.74, 6) is -0.346. The number of nitrogens with zero attached hydrogens (tertiary/aromatic N) is 1. The molecule has 0 aromatic carbocycles. The summed E-state index contributed by atoms with van der Waals surface area (Å²) in [5, 5.41) is 0. The number of H-pyrrole nitrogens is 1. The lowest BCUT2D eigenvalue weighted by atomic mass is 10.0. The fourth-order valence-corrected chi connectivity index (χ4v) is 3.12. The first kappa shape index (κ1) is 16.7. The van der Waals surface area contributed by atoms with Gasteiger partial charge >= 0.3 is 0 Å². The van der Waals surface area contributed by atoms with Crippen LogP contribution in [-0.4, -0.2) is 49.6 Å². The lowest BCUT2D eigenvalue weighted by molar-refractivity contribution is 0.0617. The van der Waals surface area contributed by atoms with Crippen LogP contribution in [0, 0.1) is 6.92 Å². The average molecular weight is 327 g/mol. The predicted molar refractivity (Wildman–Crippen MR) is 83.3 cm³/mol. The Morgan fingerprint density at radius 3 is 2.77 bits per heavy atom. The van der Waals surface area contributed by atoms with Crippen molar-refractivity contribution in [1.82, 2.24) is 14.6 Å². The Morgan fingerprint density at radius 1 is 1.41 bits per heavy atom. The molecule has 1 atom stereocenters. The highest BCUT2D eigenvalue weighted by Crippen LogP contribution is 2.18. The number of likely N-dealkylation sites (tertiary alicyclic amines) is 1. The molecule has 2 N–H and O–H groups in total. The van der Waals surface area contributed by atoms with Gasteiger partial charge in [-0.05, 0) is 38.3 Å². The van der Waals surface area contributed by atoms with Crippen molar-refractivity contribution in [3.05, 3.63) is 33.7 Å². The molecule has 1 aromatic heterocycles. The number of pyridine rings is 1. The topological polar surface area (TPSA) is 99.3 Å². The van der Waals surface area contributed by atoms with Gasteiger partial charge in [0, 0.05) is 24.8 Å². The molecule has 0 spiro atoms. The molecule has 1 amide bonds. The highest BCUT2D eigenvalue weighted by atomic mass is 32.2. The minimum Gasteiger partial charge on any atom is -0.334 e. The molecule has 2 heterocycles. The fourth-order valence-electron chi connectivity index (χ4n) is 2.62. The number of aromatic amines is 1. The van der Waals surface area contributed by atoms with Crippen LogP contribution in [0.15, 0.2) is 16.9 Å². The molecule has 1 aliphatic rings. The minimum atomic E-state index is -3.31. The molecular weight excluding hydrogens is 306 g/mol. The van der Waals surface area contributed by atoms with E-state index in [1.807, 2.05) is 0 Å². The molecule has 22 heavy (non-hydrogen) atoms. The van der Waals surface area contributed by atoms with Crippen LogP contribution >= 0.6 is 0 Å². The first-order valence-corrected chi connectivity index (χ1v) is 9.12. The van der Waals surface area contributed by atoms with Crippen LogP contribution < -0.4 is 10.3 Å². The predicted octanol–water partition coefficient (Wildman–Crippen LogP) is 0.227. The number of piperidine rings is 1. The summed E-state index contributed by atoms with van der Waals surface area (Å²) in [6.45, 7) is 2.45. The van der Waals surface area contributed by atoms with E-state index in [1.165, 1.54) is 6.07 Å². The van der Waals surface area contributed by atoms with Gasteiger partial charge < -0.3 is 9.88 Å². The van der Waals surface area contributed by atoms with Crippen LogP contribution in [0.4, 0.5) is 0 Å². The molecule has 0 bridgehead atoms. The third-order valence-corrected chi connectivity index (χ3v) is 4.45. The fraction of sp³-hybridized carbons (Fsp3) is 0.571. The summed E-state index contributed by atoms with van der Waals surface area (Å²) in [6.07, 6.45) is 3.60. The second-order valence-corrected chi connectivity index (χ2v) is 7.49. The van der Waals surface area contributed by atoms with Gasteiger partial charge in [-0.25, -0.2) is 13.1 Å². The average Bonchev–Trinajstić information content (AvgIpc) is 2.44. The molecule has 7 nitrogen and oxygen atoms in total. The Balaban J connectivity index is 2.19. The molecule has 1 aliphatic heterocycles. The van der Waals surface area contributed by atoms with Gasteiger partial charge in [-0.15, -0.1) is 0 Å². The molecule has 2 rings (SSSR count). The number of carbonyl (C=O) groups is 1. The summed E-state index contributed by atoms with van der Waals surface area (Å²) >= 11 is 0. The summed E-state index contributed by atoms with van der Waals surface area (Å²) in [7, 11) is -3.31. The van der Waals surface area contributed by atoms with Gasteiger partial charge in [0.2, 0.25) is 10.0 Å². The molecule has 0 unspecified atom stereocenters. The molecule has 0 aliphatic carbocycles. The number of sulfonamides is 1. The van der Waals surface area contributed by atoms with Crippen molar-refractivity contribution < 1.29 is 13.2 Å². The van der Waals surface area contributed by atoms with Gasteiger partial charge in [-0.3, -0.25) is 9.59 Å². The number of hydrogen-bond donors (Lipinski definition) is 2. The van der Waals surface area contributed by atoms with E-state index in [2.05, 4.69) is 9.71 Å². The van der Waals surface area contributed by atoms with Crippen molar-refractivity contribution in [1.29, 1.82) is 0 Å². The van der Waals surface area contributed by atoms with Crippen molar-refractivity contribution >= 4 is 15.9 Å². The zero-order chi connectivity index (χ0) is 16.3. The summed E-state index contributed by atoms with van der Waals surface area (Å²) < 4.78 is 24.9. The maximum absolute atomic E-state index is 12.6. The van der Waals surface area contributed by atoms with Crippen LogP contribution in [0.25, 0.3) is 0 Å². The number of rotatable bonds is 4. The van der Waals surface area contributed by atoms with Crippen molar-refractivity contribution in [2.24, 2.45) is 0 Å². The van der Waals surface area contributed by atoms with Gasteiger partial charge in [0.1, 0.15) is 5.56 Å². The normalized spacial score (nSPS) is 19.2. The number of carbonyl (C=O) groups excluding carboxylic acids is 1. The maximum Gasteiger partial charge on any atom is 0.260 e. The van der Waals surface area contributed by atoms with E-state index in [4.69, 9.17) is 0 Å². The van der Waals surface area contributed by atoms with E-state index in [-0.39, 0.29) is 24.1 Å². The van der Waals surface area contributed by atoms with Gasteiger partial charge in [-0.1, -0.05) is 0 Å². The van der Waals surface area contributed by atoms with Crippen molar-refractivity contribution in [3.63, 3.8) is 0 Å².